The quantitative estimate of drug-likeness (QED) is 0.360. The van der Waals surface area contributed by atoms with Crippen molar-refractivity contribution in [1.29, 1.82) is 0 Å². The second-order valence-corrected chi connectivity index (χ2v) is 8.93. The predicted octanol–water partition coefficient (Wildman–Crippen LogP) is 5.85. The lowest BCUT2D eigenvalue weighted by Gasteiger charge is -2.08. The van der Waals surface area contributed by atoms with E-state index in [1.807, 2.05) is 4.57 Å². The minimum Gasteiger partial charge on any atom is -0.325 e. The number of rotatable bonds is 7. The van der Waals surface area contributed by atoms with E-state index in [4.69, 9.17) is 23.2 Å². The number of thiophene rings is 1. The molecule has 28 heavy (non-hydrogen) atoms. The number of amides is 1. The Hall–Kier alpha value is -1.80. The van der Waals surface area contributed by atoms with Crippen LogP contribution in [0.15, 0.2) is 41.4 Å². The van der Waals surface area contributed by atoms with E-state index < -0.39 is 0 Å². The summed E-state index contributed by atoms with van der Waals surface area (Å²) in [6.45, 7) is 8.54. The van der Waals surface area contributed by atoms with Crippen molar-refractivity contribution in [2.45, 2.75) is 25.5 Å². The van der Waals surface area contributed by atoms with Crippen LogP contribution in [0.3, 0.4) is 0 Å². The molecule has 0 radical (unpaired) electrons. The van der Waals surface area contributed by atoms with Crippen molar-refractivity contribution in [1.82, 2.24) is 14.8 Å². The molecule has 5 nitrogen and oxygen atoms in total. The minimum absolute atomic E-state index is 0.180. The molecule has 0 bridgehead atoms. The smallest absolute Gasteiger partial charge is 0.234 e. The van der Waals surface area contributed by atoms with Crippen molar-refractivity contribution in [3.05, 3.63) is 56.7 Å². The summed E-state index contributed by atoms with van der Waals surface area (Å²) in [5, 5.41) is 15.1. The number of carbonyl (C=O) groups excluding carboxylic acids is 1. The highest BCUT2D eigenvalue weighted by Crippen LogP contribution is 2.31. The lowest BCUT2D eigenvalue weighted by Crippen LogP contribution is -2.14. The van der Waals surface area contributed by atoms with Crippen molar-refractivity contribution in [3.8, 4) is 11.4 Å². The van der Waals surface area contributed by atoms with E-state index >= 15 is 0 Å². The number of hydrogen-bond donors (Lipinski definition) is 1. The van der Waals surface area contributed by atoms with Crippen LogP contribution in [0.4, 0.5) is 5.69 Å². The van der Waals surface area contributed by atoms with Gasteiger partial charge in [-0.1, -0.05) is 41.0 Å². The third-order valence-corrected chi connectivity index (χ3v) is 6.45. The molecule has 9 heteroatoms. The van der Waals surface area contributed by atoms with Gasteiger partial charge < -0.3 is 5.32 Å². The molecule has 1 aromatic carbocycles. The highest BCUT2D eigenvalue weighted by atomic mass is 35.5. The van der Waals surface area contributed by atoms with Gasteiger partial charge in [0, 0.05) is 38.1 Å². The van der Waals surface area contributed by atoms with Gasteiger partial charge in [0.05, 0.1) is 5.75 Å². The fourth-order valence-corrected chi connectivity index (χ4v) is 4.71. The summed E-state index contributed by atoms with van der Waals surface area (Å²) in [6, 6.07) is 4.91. The van der Waals surface area contributed by atoms with Crippen LogP contribution in [0.1, 0.15) is 10.4 Å². The van der Waals surface area contributed by atoms with Crippen molar-refractivity contribution >= 4 is 57.9 Å². The van der Waals surface area contributed by atoms with E-state index in [1.54, 1.807) is 35.6 Å². The maximum atomic E-state index is 12.3. The zero-order chi connectivity index (χ0) is 20.3. The largest absolute Gasteiger partial charge is 0.325 e. The number of nitrogens with zero attached hydrogens (tertiary/aromatic N) is 3. The molecule has 0 aliphatic rings. The molecule has 0 unspecified atom stereocenters. The van der Waals surface area contributed by atoms with Gasteiger partial charge in [-0.05, 0) is 37.6 Å². The first kappa shape index (κ1) is 20.9. The van der Waals surface area contributed by atoms with Crippen LogP contribution in [-0.2, 0) is 11.3 Å². The predicted molar refractivity (Wildman–Crippen MR) is 119 cm³/mol. The molecule has 0 aliphatic carbocycles. The van der Waals surface area contributed by atoms with Gasteiger partial charge >= 0.3 is 0 Å². The summed E-state index contributed by atoms with van der Waals surface area (Å²) >= 11 is 14.9. The Labute approximate surface area is 181 Å². The Bertz CT molecular complexity index is 1010. The average molecular weight is 453 g/mol. The molecule has 2 aromatic heterocycles. The number of nitrogens with one attached hydrogen (secondary N) is 1. The van der Waals surface area contributed by atoms with Crippen molar-refractivity contribution in [2.75, 3.05) is 11.1 Å². The molecule has 3 rings (SSSR count). The third-order valence-electron chi connectivity index (χ3n) is 4.03. The van der Waals surface area contributed by atoms with Gasteiger partial charge in [-0.3, -0.25) is 9.36 Å². The van der Waals surface area contributed by atoms with E-state index in [2.05, 4.69) is 41.3 Å². The number of aromatic nitrogens is 3. The maximum absolute atomic E-state index is 12.3. The number of aryl methyl sites for hydroxylation is 1. The van der Waals surface area contributed by atoms with Gasteiger partial charge in [-0.25, -0.2) is 0 Å². The van der Waals surface area contributed by atoms with Crippen molar-refractivity contribution < 1.29 is 4.79 Å². The normalized spacial score (nSPS) is 10.9. The summed E-state index contributed by atoms with van der Waals surface area (Å²) in [5.74, 6) is 0.785. The molecule has 0 atom stereocenters. The third kappa shape index (κ3) is 4.78. The number of halogens is 2. The van der Waals surface area contributed by atoms with Crippen LogP contribution in [-0.4, -0.2) is 26.4 Å². The number of hydrogen-bond acceptors (Lipinski definition) is 5. The highest BCUT2D eigenvalue weighted by Gasteiger charge is 2.18. The molecule has 1 N–H and O–H groups in total. The monoisotopic (exact) mass is 452 g/mol. The summed E-state index contributed by atoms with van der Waals surface area (Å²) in [6.07, 6.45) is 1.79. The van der Waals surface area contributed by atoms with Crippen molar-refractivity contribution in [3.63, 3.8) is 0 Å². The Morgan fingerprint density at radius 2 is 2.00 bits per heavy atom. The zero-order valence-electron chi connectivity index (χ0n) is 15.3. The molecule has 1 amide bonds. The first-order chi connectivity index (χ1) is 13.4. The number of thioether (sulfide) groups is 1. The Morgan fingerprint density at radius 1 is 1.29 bits per heavy atom. The number of carbonyl (C=O) groups is 1. The molecule has 0 spiro atoms. The first-order valence-corrected chi connectivity index (χ1v) is 11.0. The van der Waals surface area contributed by atoms with Gasteiger partial charge in [0.1, 0.15) is 0 Å². The van der Waals surface area contributed by atoms with Crippen LogP contribution >= 0.6 is 46.3 Å². The Morgan fingerprint density at radius 3 is 2.61 bits per heavy atom. The second kappa shape index (κ2) is 9.13. The number of allylic oxidation sites excluding steroid dienone is 1. The summed E-state index contributed by atoms with van der Waals surface area (Å²) in [5.41, 5.74) is 2.80. The molecule has 0 saturated heterocycles. The second-order valence-electron chi connectivity index (χ2n) is 6.03. The number of benzene rings is 1. The minimum atomic E-state index is -0.180. The fraction of sp³-hybridized carbons (Fsp3) is 0.211. The van der Waals surface area contributed by atoms with Gasteiger partial charge in [0.15, 0.2) is 11.0 Å². The average Bonchev–Trinajstić information content (AvgIpc) is 3.16. The van der Waals surface area contributed by atoms with Crippen molar-refractivity contribution in [2.24, 2.45) is 0 Å². The molecule has 0 saturated carbocycles. The first-order valence-electron chi connectivity index (χ1n) is 8.37. The molecule has 0 aliphatic heterocycles. The standard InChI is InChI=1S/C19H18Cl2N4OS2/c1-4-5-25-18(16-9-27-12(3)11(16)2)23-24-19(25)28-10-17(26)22-15-7-13(20)6-14(21)8-15/h4,6-9H,1,5,10H2,2-3H3,(H,22,26). The van der Waals surface area contributed by atoms with E-state index in [0.29, 0.717) is 27.4 Å². The molecular weight excluding hydrogens is 435 g/mol. The van der Waals surface area contributed by atoms with Gasteiger partial charge in [-0.15, -0.1) is 28.1 Å². The zero-order valence-corrected chi connectivity index (χ0v) is 18.5. The topological polar surface area (TPSA) is 59.8 Å². The van der Waals surface area contributed by atoms with E-state index in [0.717, 1.165) is 11.4 Å². The fourth-order valence-electron chi connectivity index (χ4n) is 2.58. The highest BCUT2D eigenvalue weighted by molar-refractivity contribution is 7.99. The molecule has 3 aromatic rings. The summed E-state index contributed by atoms with van der Waals surface area (Å²) in [7, 11) is 0. The van der Waals surface area contributed by atoms with Crippen LogP contribution in [0, 0.1) is 13.8 Å². The summed E-state index contributed by atoms with van der Waals surface area (Å²) < 4.78 is 1.97. The Balaban J connectivity index is 1.74. The van der Waals surface area contributed by atoms with E-state index in [1.165, 1.54) is 22.2 Å². The van der Waals surface area contributed by atoms with E-state index in [-0.39, 0.29) is 11.7 Å². The van der Waals surface area contributed by atoms with Crippen LogP contribution in [0.2, 0.25) is 10.0 Å². The molecule has 2 heterocycles. The van der Waals surface area contributed by atoms with Crippen LogP contribution in [0.25, 0.3) is 11.4 Å². The van der Waals surface area contributed by atoms with Crippen LogP contribution < -0.4 is 5.32 Å². The maximum Gasteiger partial charge on any atom is 0.234 e. The molecular formula is C19H18Cl2N4OS2. The van der Waals surface area contributed by atoms with Crippen LogP contribution in [0.5, 0.6) is 0 Å². The lowest BCUT2D eigenvalue weighted by molar-refractivity contribution is -0.113. The lowest BCUT2D eigenvalue weighted by atomic mass is 10.1. The Kier molecular flexibility index (Phi) is 6.82. The van der Waals surface area contributed by atoms with Gasteiger partial charge in [-0.2, -0.15) is 0 Å². The molecule has 0 fully saturated rings. The number of anilines is 1. The summed E-state index contributed by atoms with van der Waals surface area (Å²) in [4.78, 5) is 13.6. The molecule has 146 valence electrons. The van der Waals surface area contributed by atoms with Gasteiger partial charge in [0.2, 0.25) is 5.91 Å². The van der Waals surface area contributed by atoms with E-state index in [9.17, 15) is 4.79 Å². The van der Waals surface area contributed by atoms with Gasteiger partial charge in [0.25, 0.3) is 0 Å². The SMILES string of the molecule is C=CCn1c(SCC(=O)Nc2cc(Cl)cc(Cl)c2)nnc1-c1csc(C)c1C.